The third kappa shape index (κ3) is 4.41. The lowest BCUT2D eigenvalue weighted by atomic mass is 9.95. The minimum Gasteiger partial charge on any atom is -0.460 e. The Bertz CT molecular complexity index is 702. The van der Waals surface area contributed by atoms with E-state index >= 15 is 0 Å². The molecular weight excluding hydrogens is 344 g/mol. The van der Waals surface area contributed by atoms with Gasteiger partial charge in [0, 0.05) is 24.4 Å². The van der Waals surface area contributed by atoms with Gasteiger partial charge in [0.1, 0.15) is 6.61 Å². The van der Waals surface area contributed by atoms with Crippen molar-refractivity contribution in [3.05, 3.63) is 58.8 Å². The van der Waals surface area contributed by atoms with Gasteiger partial charge in [-0.1, -0.05) is 29.8 Å². The number of hydrogen-bond donors (Lipinski definition) is 1. The molecule has 7 heteroatoms. The molecule has 1 atom stereocenters. The zero-order valence-electron chi connectivity index (χ0n) is 14.3. The number of esters is 1. The Balaban J connectivity index is 2.43. The maximum Gasteiger partial charge on any atom is 0.338 e. The van der Waals surface area contributed by atoms with Crippen LogP contribution in [0.25, 0.3) is 0 Å². The third-order valence-corrected chi connectivity index (χ3v) is 4.07. The molecule has 0 bridgehead atoms. The lowest BCUT2D eigenvalue weighted by Gasteiger charge is -2.35. The monoisotopic (exact) mass is 364 g/mol. The van der Waals surface area contributed by atoms with E-state index in [-0.39, 0.29) is 19.2 Å². The van der Waals surface area contributed by atoms with Gasteiger partial charge in [-0.25, -0.2) is 9.59 Å². The molecule has 1 aliphatic heterocycles. The molecule has 0 aliphatic carbocycles. The van der Waals surface area contributed by atoms with Crippen molar-refractivity contribution < 1.29 is 19.1 Å². The van der Waals surface area contributed by atoms with Gasteiger partial charge in [-0.3, -0.25) is 4.90 Å². The SMILES string of the molecule is C=CCN1C(=O)NC(c2cccc(Cl)c2)C(C(=O)OCCOC)=C1C. The van der Waals surface area contributed by atoms with E-state index in [0.717, 1.165) is 0 Å². The van der Waals surface area contributed by atoms with E-state index < -0.39 is 12.0 Å². The van der Waals surface area contributed by atoms with Crippen molar-refractivity contribution in [2.75, 3.05) is 26.9 Å². The molecule has 2 rings (SSSR count). The second-order valence-corrected chi connectivity index (χ2v) is 5.90. The molecule has 1 heterocycles. The number of amides is 2. The van der Waals surface area contributed by atoms with Crippen LogP contribution in [0, 0.1) is 0 Å². The van der Waals surface area contributed by atoms with E-state index in [2.05, 4.69) is 11.9 Å². The van der Waals surface area contributed by atoms with Crippen molar-refractivity contribution in [3.63, 3.8) is 0 Å². The Kier molecular flexibility index (Phi) is 6.61. The molecule has 6 nitrogen and oxygen atoms in total. The molecule has 134 valence electrons. The molecule has 25 heavy (non-hydrogen) atoms. The maximum atomic E-state index is 12.6. The van der Waals surface area contributed by atoms with E-state index in [4.69, 9.17) is 21.1 Å². The average molecular weight is 365 g/mol. The summed E-state index contributed by atoms with van der Waals surface area (Å²) in [5.41, 5.74) is 1.59. The molecule has 0 radical (unpaired) electrons. The normalized spacial score (nSPS) is 17.3. The Morgan fingerprint density at radius 1 is 1.44 bits per heavy atom. The second-order valence-electron chi connectivity index (χ2n) is 5.46. The van der Waals surface area contributed by atoms with Gasteiger partial charge < -0.3 is 14.8 Å². The van der Waals surface area contributed by atoms with E-state index in [1.807, 2.05) is 0 Å². The first kappa shape index (κ1) is 19.0. The van der Waals surface area contributed by atoms with Crippen LogP contribution in [0.15, 0.2) is 48.2 Å². The van der Waals surface area contributed by atoms with Gasteiger partial charge in [0.05, 0.1) is 18.2 Å². The predicted molar refractivity (Wildman–Crippen MR) is 95.2 cm³/mol. The number of methoxy groups -OCH3 is 1. The zero-order valence-corrected chi connectivity index (χ0v) is 15.0. The molecule has 1 aromatic rings. The smallest absolute Gasteiger partial charge is 0.338 e. The third-order valence-electron chi connectivity index (χ3n) is 3.83. The number of urea groups is 1. The first-order chi connectivity index (χ1) is 12.0. The number of carbonyl (C=O) groups excluding carboxylic acids is 2. The van der Waals surface area contributed by atoms with Gasteiger partial charge in [0.25, 0.3) is 0 Å². The molecule has 1 N–H and O–H groups in total. The number of nitrogens with one attached hydrogen (secondary N) is 1. The van der Waals surface area contributed by atoms with Crippen LogP contribution in [0.4, 0.5) is 4.79 Å². The number of carbonyl (C=O) groups is 2. The molecule has 1 unspecified atom stereocenters. The highest BCUT2D eigenvalue weighted by Crippen LogP contribution is 2.32. The van der Waals surface area contributed by atoms with Gasteiger partial charge in [-0.15, -0.1) is 6.58 Å². The quantitative estimate of drug-likeness (QED) is 0.458. The Morgan fingerprint density at radius 3 is 2.84 bits per heavy atom. The van der Waals surface area contributed by atoms with Gasteiger partial charge >= 0.3 is 12.0 Å². The number of benzene rings is 1. The summed E-state index contributed by atoms with van der Waals surface area (Å²) in [4.78, 5) is 26.5. The lowest BCUT2D eigenvalue weighted by molar-refractivity contribution is -0.140. The van der Waals surface area contributed by atoms with E-state index in [9.17, 15) is 9.59 Å². The van der Waals surface area contributed by atoms with Gasteiger partial charge in [-0.05, 0) is 24.6 Å². The van der Waals surface area contributed by atoms with Crippen molar-refractivity contribution >= 4 is 23.6 Å². The molecule has 0 aromatic heterocycles. The van der Waals surface area contributed by atoms with Crippen LogP contribution < -0.4 is 5.32 Å². The Labute approximate surface area is 152 Å². The maximum absolute atomic E-state index is 12.6. The van der Waals surface area contributed by atoms with Crippen molar-refractivity contribution in [3.8, 4) is 0 Å². The first-order valence-electron chi connectivity index (χ1n) is 7.80. The lowest BCUT2D eigenvalue weighted by Crippen LogP contribution is -2.48. The van der Waals surface area contributed by atoms with Crippen molar-refractivity contribution in [1.29, 1.82) is 0 Å². The van der Waals surface area contributed by atoms with E-state index in [0.29, 0.717) is 28.5 Å². The number of nitrogens with zero attached hydrogens (tertiary/aromatic N) is 1. The summed E-state index contributed by atoms with van der Waals surface area (Å²) in [5.74, 6) is -0.506. The molecule has 0 saturated heterocycles. The second kappa shape index (κ2) is 8.69. The van der Waals surface area contributed by atoms with Gasteiger partial charge in [-0.2, -0.15) is 0 Å². The van der Waals surface area contributed by atoms with Crippen LogP contribution in [0.3, 0.4) is 0 Å². The standard InChI is InChI=1S/C18H21ClN2O4/c1-4-8-21-12(2)15(17(22)25-10-9-24-3)16(20-18(21)23)13-6-5-7-14(19)11-13/h4-7,11,16H,1,8-10H2,2-3H3,(H,20,23). The van der Waals surface area contributed by atoms with Crippen LogP contribution >= 0.6 is 11.6 Å². The van der Waals surface area contributed by atoms with Crippen LogP contribution in [-0.4, -0.2) is 43.8 Å². The molecule has 0 spiro atoms. The molecule has 1 aliphatic rings. The summed E-state index contributed by atoms with van der Waals surface area (Å²) in [6.45, 7) is 6.07. The summed E-state index contributed by atoms with van der Waals surface area (Å²) in [6, 6.07) is 6.06. The molecule has 2 amide bonds. The summed E-state index contributed by atoms with van der Waals surface area (Å²) >= 11 is 6.06. The fourth-order valence-electron chi connectivity index (χ4n) is 2.63. The Morgan fingerprint density at radius 2 is 2.20 bits per heavy atom. The highest BCUT2D eigenvalue weighted by atomic mass is 35.5. The van der Waals surface area contributed by atoms with Crippen LogP contribution in [0.1, 0.15) is 18.5 Å². The highest BCUT2D eigenvalue weighted by Gasteiger charge is 2.36. The first-order valence-corrected chi connectivity index (χ1v) is 8.18. The highest BCUT2D eigenvalue weighted by molar-refractivity contribution is 6.30. The average Bonchev–Trinajstić information content (AvgIpc) is 2.58. The predicted octanol–water partition coefficient (Wildman–Crippen LogP) is 3.06. The fraction of sp³-hybridized carbons (Fsp3) is 0.333. The van der Waals surface area contributed by atoms with Crippen molar-refractivity contribution in [1.82, 2.24) is 10.2 Å². The number of ether oxygens (including phenoxy) is 2. The van der Waals surface area contributed by atoms with Crippen LogP contribution in [0.2, 0.25) is 5.02 Å². The van der Waals surface area contributed by atoms with Crippen LogP contribution in [0.5, 0.6) is 0 Å². The summed E-state index contributed by atoms with van der Waals surface area (Å²) in [6.07, 6.45) is 1.59. The summed E-state index contributed by atoms with van der Waals surface area (Å²) in [7, 11) is 1.53. The summed E-state index contributed by atoms with van der Waals surface area (Å²) in [5, 5.41) is 3.36. The van der Waals surface area contributed by atoms with E-state index in [1.165, 1.54) is 12.0 Å². The molecule has 0 fully saturated rings. The van der Waals surface area contributed by atoms with Gasteiger partial charge in [0.2, 0.25) is 0 Å². The Hall–Kier alpha value is -2.31. The topological polar surface area (TPSA) is 67.9 Å². The minimum absolute atomic E-state index is 0.129. The number of hydrogen-bond acceptors (Lipinski definition) is 4. The van der Waals surface area contributed by atoms with Crippen molar-refractivity contribution in [2.24, 2.45) is 0 Å². The molecular formula is C18H21ClN2O4. The van der Waals surface area contributed by atoms with Crippen LogP contribution in [-0.2, 0) is 14.3 Å². The zero-order chi connectivity index (χ0) is 18.4. The molecule has 0 saturated carbocycles. The van der Waals surface area contributed by atoms with Crippen molar-refractivity contribution in [2.45, 2.75) is 13.0 Å². The van der Waals surface area contributed by atoms with Gasteiger partial charge in [0.15, 0.2) is 0 Å². The number of allylic oxidation sites excluding steroid dienone is 1. The number of rotatable bonds is 7. The minimum atomic E-state index is -0.637. The molecule has 1 aromatic carbocycles. The summed E-state index contributed by atoms with van der Waals surface area (Å²) < 4.78 is 10.2. The largest absolute Gasteiger partial charge is 0.460 e. The van der Waals surface area contributed by atoms with E-state index in [1.54, 1.807) is 37.3 Å². The number of halogens is 1. The fourth-order valence-corrected chi connectivity index (χ4v) is 2.82.